The fourth-order valence-corrected chi connectivity index (χ4v) is 0.288. The molecule has 0 fully saturated rings. The van der Waals surface area contributed by atoms with Crippen LogP contribution in [-0.2, 0) is 27.2 Å². The zero-order chi connectivity index (χ0) is 7.44. The van der Waals surface area contributed by atoms with Crippen LogP contribution < -0.4 is 5.73 Å². The van der Waals surface area contributed by atoms with Crippen LogP contribution in [0, 0.1) is 5.41 Å². The van der Waals surface area contributed by atoms with Crippen LogP contribution in [0.1, 0.15) is 0 Å². The van der Waals surface area contributed by atoms with Crippen molar-refractivity contribution in [3.8, 4) is 0 Å². The van der Waals surface area contributed by atoms with Crippen LogP contribution in [-0.4, -0.2) is 35.5 Å². The van der Waals surface area contributed by atoms with Crippen LogP contribution in [0.25, 0.3) is 0 Å². The molecule has 0 rings (SSSR count). The maximum Gasteiger partial charge on any atom is 0.323 e. The Kier molecular flexibility index (Phi) is 6.43. The molecule has 1 radical (unpaired) electrons. The average molecular weight is 328 g/mol. The molecule has 0 aliphatic rings. The topological polar surface area (TPSA) is 90.4 Å². The van der Waals surface area contributed by atoms with Crippen LogP contribution in [0.2, 0.25) is 0 Å². The van der Waals surface area contributed by atoms with Gasteiger partial charge in [-0.05, 0) is 0 Å². The Morgan fingerprint density at radius 1 is 1.80 bits per heavy atom. The van der Waals surface area contributed by atoms with E-state index in [1.54, 1.807) is 0 Å². The molecule has 0 aliphatic carbocycles. The number of carbonyl (C=O) groups is 1. The van der Waals surface area contributed by atoms with Gasteiger partial charge in [0, 0.05) is 29.4 Å². The molecule has 63 valence electrons. The Balaban J connectivity index is 0. The molecule has 0 spiro atoms. The third-order valence-corrected chi connectivity index (χ3v) is 0.784. The van der Waals surface area contributed by atoms with Gasteiger partial charge in [0.1, 0.15) is 6.54 Å². The number of guanidine groups is 1. The minimum Gasteiger partial charge on any atom is -0.480 e. The van der Waals surface area contributed by atoms with Gasteiger partial charge in [-0.15, -0.1) is 0 Å². The van der Waals surface area contributed by atoms with E-state index in [4.69, 9.17) is 16.2 Å². The maximum absolute atomic E-state index is 9.92. The monoisotopic (exact) mass is 328 g/mol. The van der Waals surface area contributed by atoms with Gasteiger partial charge in [0.05, 0.1) is 0 Å². The SMILES string of the molecule is CN(CC(=O)O)C(=N)N.[Au]. The number of nitrogens with one attached hydrogen (secondary N) is 1. The quantitative estimate of drug-likeness (QED) is 0.341. The molecule has 0 amide bonds. The van der Waals surface area contributed by atoms with Crippen LogP contribution in [0.3, 0.4) is 0 Å². The van der Waals surface area contributed by atoms with E-state index in [2.05, 4.69) is 0 Å². The Morgan fingerprint density at radius 2 is 2.20 bits per heavy atom. The second-order valence-corrected chi connectivity index (χ2v) is 1.64. The molecule has 0 aliphatic heterocycles. The summed E-state index contributed by atoms with van der Waals surface area (Å²) in [4.78, 5) is 11.0. The number of nitrogens with zero attached hydrogens (tertiary/aromatic N) is 1. The third kappa shape index (κ3) is 5.61. The molecular formula is C4H9AuN3O2. The number of hydrogen-bond donors (Lipinski definition) is 3. The van der Waals surface area contributed by atoms with Gasteiger partial charge in [-0.25, -0.2) is 0 Å². The van der Waals surface area contributed by atoms with Crippen LogP contribution in [0.15, 0.2) is 0 Å². The summed E-state index contributed by atoms with van der Waals surface area (Å²) >= 11 is 0. The second-order valence-electron chi connectivity index (χ2n) is 1.64. The van der Waals surface area contributed by atoms with Crippen molar-refractivity contribution in [2.45, 2.75) is 0 Å². The van der Waals surface area contributed by atoms with Gasteiger partial charge in [0.25, 0.3) is 0 Å². The summed E-state index contributed by atoms with van der Waals surface area (Å²) in [6, 6.07) is 0. The molecular weight excluding hydrogens is 319 g/mol. The molecule has 0 aromatic heterocycles. The van der Waals surface area contributed by atoms with Crippen molar-refractivity contribution in [1.29, 1.82) is 5.41 Å². The number of aliphatic carboxylic acids is 1. The van der Waals surface area contributed by atoms with Crippen molar-refractivity contribution in [3.05, 3.63) is 0 Å². The Labute approximate surface area is 74.2 Å². The first kappa shape index (κ1) is 12.2. The molecule has 0 atom stereocenters. The summed E-state index contributed by atoms with van der Waals surface area (Å²) in [5, 5.41) is 14.9. The smallest absolute Gasteiger partial charge is 0.323 e. The Bertz CT molecular complexity index is 138. The third-order valence-electron chi connectivity index (χ3n) is 0.784. The van der Waals surface area contributed by atoms with Crippen molar-refractivity contribution in [3.63, 3.8) is 0 Å². The first-order valence-corrected chi connectivity index (χ1v) is 2.31. The summed E-state index contributed by atoms with van der Waals surface area (Å²) in [5.41, 5.74) is 4.93. The van der Waals surface area contributed by atoms with E-state index in [1.165, 1.54) is 7.05 Å². The molecule has 4 N–H and O–H groups in total. The number of likely N-dealkylation sites (N-methyl/N-ethyl adjacent to an activating group) is 1. The van der Waals surface area contributed by atoms with Gasteiger partial charge in [0.15, 0.2) is 5.96 Å². The van der Waals surface area contributed by atoms with Gasteiger partial charge < -0.3 is 15.7 Å². The zero-order valence-electron chi connectivity index (χ0n) is 5.39. The fourth-order valence-electron chi connectivity index (χ4n) is 0.288. The molecule has 0 unspecified atom stereocenters. The number of hydrogen-bond acceptors (Lipinski definition) is 2. The predicted octanol–water partition coefficient (Wildman–Crippen LogP) is -1.11. The first-order valence-electron chi connectivity index (χ1n) is 2.31. The molecule has 0 aromatic rings. The largest absolute Gasteiger partial charge is 0.480 e. The van der Waals surface area contributed by atoms with Crippen molar-refractivity contribution >= 4 is 11.9 Å². The van der Waals surface area contributed by atoms with Gasteiger partial charge in [-0.1, -0.05) is 0 Å². The Morgan fingerprint density at radius 3 is 2.30 bits per heavy atom. The molecule has 0 bridgehead atoms. The van der Waals surface area contributed by atoms with Crippen molar-refractivity contribution in [1.82, 2.24) is 4.90 Å². The predicted molar refractivity (Wildman–Crippen MR) is 32.2 cm³/mol. The normalized spacial score (nSPS) is 7.70. The summed E-state index contributed by atoms with van der Waals surface area (Å²) in [7, 11) is 1.44. The summed E-state index contributed by atoms with van der Waals surface area (Å²) in [6.07, 6.45) is 0. The van der Waals surface area contributed by atoms with Gasteiger partial charge >= 0.3 is 5.97 Å². The van der Waals surface area contributed by atoms with Crippen LogP contribution >= 0.6 is 0 Å². The second kappa shape index (κ2) is 5.28. The molecule has 0 aromatic carbocycles. The number of rotatable bonds is 2. The minimum atomic E-state index is -0.993. The fraction of sp³-hybridized carbons (Fsp3) is 0.500. The molecule has 5 nitrogen and oxygen atoms in total. The van der Waals surface area contributed by atoms with E-state index in [0.29, 0.717) is 0 Å². The number of carboxylic acids is 1. The van der Waals surface area contributed by atoms with E-state index in [-0.39, 0.29) is 34.9 Å². The Hall–Kier alpha value is -0.520. The van der Waals surface area contributed by atoms with Gasteiger partial charge in [-0.2, -0.15) is 0 Å². The average Bonchev–Trinajstić information content (AvgIpc) is 1.63. The van der Waals surface area contributed by atoms with Crippen molar-refractivity contribution in [2.24, 2.45) is 5.73 Å². The van der Waals surface area contributed by atoms with E-state index in [1.807, 2.05) is 0 Å². The molecule has 10 heavy (non-hydrogen) atoms. The van der Waals surface area contributed by atoms with Crippen LogP contribution in [0.4, 0.5) is 0 Å². The molecule has 0 saturated heterocycles. The van der Waals surface area contributed by atoms with E-state index < -0.39 is 5.97 Å². The summed E-state index contributed by atoms with van der Waals surface area (Å²) in [6.45, 7) is -0.227. The summed E-state index contributed by atoms with van der Waals surface area (Å²) in [5.74, 6) is -1.23. The first-order chi connectivity index (χ1) is 4.04. The van der Waals surface area contributed by atoms with Gasteiger partial charge in [-0.3, -0.25) is 10.2 Å². The van der Waals surface area contributed by atoms with Crippen molar-refractivity contribution in [2.75, 3.05) is 13.6 Å². The van der Waals surface area contributed by atoms with E-state index in [9.17, 15) is 4.79 Å². The molecule has 6 heteroatoms. The number of carboxylic acid groups (broad SMARTS) is 1. The molecule has 0 saturated carbocycles. The minimum absolute atomic E-state index is 0. The molecule has 0 heterocycles. The van der Waals surface area contributed by atoms with Crippen molar-refractivity contribution < 1.29 is 32.3 Å². The maximum atomic E-state index is 9.92. The van der Waals surface area contributed by atoms with E-state index >= 15 is 0 Å². The van der Waals surface area contributed by atoms with Gasteiger partial charge in [0.2, 0.25) is 0 Å². The zero-order valence-corrected chi connectivity index (χ0v) is 7.56. The number of nitrogens with two attached hydrogens (primary N) is 1. The van der Waals surface area contributed by atoms with E-state index in [0.717, 1.165) is 4.90 Å². The summed E-state index contributed by atoms with van der Waals surface area (Å²) < 4.78 is 0. The standard InChI is InChI=1S/C4H9N3O2.Au/c1-7(4(5)6)2-3(8)9;/h2H2,1H3,(H3,5,6)(H,8,9);. The van der Waals surface area contributed by atoms with Crippen LogP contribution in [0.5, 0.6) is 0 Å².